The summed E-state index contributed by atoms with van der Waals surface area (Å²) in [4.78, 5) is 24.6. The Hall–Kier alpha value is -1.14. The topological polar surface area (TPSA) is 87.5 Å². The van der Waals surface area contributed by atoms with Crippen LogP contribution < -0.4 is 16.4 Å². The molecule has 0 saturated carbocycles. The number of nitrogens with two attached hydrogens (primary N) is 1. The molecule has 0 aromatic rings. The first-order chi connectivity index (χ1) is 8.97. The Morgan fingerprint density at radius 3 is 2.47 bits per heavy atom. The molecule has 1 fully saturated rings. The number of nitrogens with zero attached hydrogens (tertiary/aromatic N) is 1. The van der Waals surface area contributed by atoms with E-state index in [0.29, 0.717) is 25.6 Å². The van der Waals surface area contributed by atoms with E-state index >= 15 is 0 Å². The summed E-state index contributed by atoms with van der Waals surface area (Å²) < 4.78 is 0. The number of primary amides is 1. The Morgan fingerprint density at radius 2 is 1.95 bits per heavy atom. The van der Waals surface area contributed by atoms with E-state index in [1.807, 2.05) is 4.90 Å². The van der Waals surface area contributed by atoms with E-state index in [-0.39, 0.29) is 17.9 Å². The molecule has 0 atom stereocenters. The summed E-state index contributed by atoms with van der Waals surface area (Å²) in [7, 11) is 0. The van der Waals surface area contributed by atoms with Gasteiger partial charge >= 0.3 is 0 Å². The molecular formula is C13H26N4O2. The standard InChI is InChI=1S/C13H26N4O2/c1-10(2)15-6-3-13(19)16-11-4-7-17(8-5-11)9-12(14)18/h10-11,15H,3-9H2,1-2H3,(H2,14,18)(H,16,19). The molecule has 1 rings (SSSR count). The largest absolute Gasteiger partial charge is 0.369 e. The molecule has 0 spiro atoms. The maximum absolute atomic E-state index is 11.7. The van der Waals surface area contributed by atoms with Crippen LogP contribution in [0.5, 0.6) is 0 Å². The molecule has 0 unspecified atom stereocenters. The van der Waals surface area contributed by atoms with E-state index in [1.165, 1.54) is 0 Å². The lowest BCUT2D eigenvalue weighted by Crippen LogP contribution is -2.47. The summed E-state index contributed by atoms with van der Waals surface area (Å²) in [5.41, 5.74) is 5.16. The maximum Gasteiger partial charge on any atom is 0.231 e. The molecular weight excluding hydrogens is 244 g/mol. The van der Waals surface area contributed by atoms with E-state index in [4.69, 9.17) is 5.73 Å². The minimum Gasteiger partial charge on any atom is -0.369 e. The molecule has 1 saturated heterocycles. The number of nitrogens with one attached hydrogen (secondary N) is 2. The van der Waals surface area contributed by atoms with Crippen LogP contribution in [-0.2, 0) is 9.59 Å². The quantitative estimate of drug-likeness (QED) is 0.579. The van der Waals surface area contributed by atoms with Gasteiger partial charge in [0.15, 0.2) is 0 Å². The normalized spacial score (nSPS) is 17.6. The fourth-order valence-corrected chi connectivity index (χ4v) is 2.23. The molecule has 110 valence electrons. The SMILES string of the molecule is CC(C)NCCC(=O)NC1CCN(CC(N)=O)CC1. The van der Waals surface area contributed by atoms with Gasteiger partial charge in [-0.2, -0.15) is 0 Å². The van der Waals surface area contributed by atoms with Gasteiger partial charge in [0, 0.05) is 38.1 Å². The van der Waals surface area contributed by atoms with Gasteiger partial charge in [-0.25, -0.2) is 0 Å². The molecule has 1 heterocycles. The minimum absolute atomic E-state index is 0.0986. The average molecular weight is 270 g/mol. The highest BCUT2D eigenvalue weighted by molar-refractivity contribution is 5.76. The summed E-state index contributed by atoms with van der Waals surface area (Å²) in [6.07, 6.45) is 2.28. The van der Waals surface area contributed by atoms with Gasteiger partial charge in [0.25, 0.3) is 0 Å². The zero-order chi connectivity index (χ0) is 14.3. The van der Waals surface area contributed by atoms with Crippen LogP contribution in [0.3, 0.4) is 0 Å². The Morgan fingerprint density at radius 1 is 1.32 bits per heavy atom. The highest BCUT2D eigenvalue weighted by Crippen LogP contribution is 2.09. The molecule has 0 radical (unpaired) electrons. The van der Waals surface area contributed by atoms with Crippen molar-refractivity contribution in [1.82, 2.24) is 15.5 Å². The smallest absolute Gasteiger partial charge is 0.231 e. The number of hydrogen-bond donors (Lipinski definition) is 3. The second-order valence-corrected chi connectivity index (χ2v) is 5.44. The van der Waals surface area contributed by atoms with Gasteiger partial charge in [0.2, 0.25) is 11.8 Å². The van der Waals surface area contributed by atoms with Crippen LogP contribution in [-0.4, -0.2) is 55.0 Å². The third-order valence-electron chi connectivity index (χ3n) is 3.24. The number of hydrogen-bond acceptors (Lipinski definition) is 4. The van der Waals surface area contributed by atoms with Crippen molar-refractivity contribution in [3.05, 3.63) is 0 Å². The van der Waals surface area contributed by atoms with Gasteiger partial charge in [-0.1, -0.05) is 13.8 Å². The van der Waals surface area contributed by atoms with Crippen molar-refractivity contribution in [1.29, 1.82) is 0 Å². The predicted octanol–water partition coefficient (Wildman–Crippen LogP) is -0.560. The van der Waals surface area contributed by atoms with Gasteiger partial charge in [-0.15, -0.1) is 0 Å². The molecule has 6 nitrogen and oxygen atoms in total. The lowest BCUT2D eigenvalue weighted by Gasteiger charge is -2.31. The van der Waals surface area contributed by atoms with E-state index < -0.39 is 0 Å². The molecule has 0 bridgehead atoms. The summed E-state index contributed by atoms with van der Waals surface area (Å²) in [6, 6.07) is 0.639. The van der Waals surface area contributed by atoms with Crippen molar-refractivity contribution in [2.75, 3.05) is 26.2 Å². The van der Waals surface area contributed by atoms with Crippen molar-refractivity contribution >= 4 is 11.8 Å². The van der Waals surface area contributed by atoms with Gasteiger partial charge < -0.3 is 16.4 Å². The fraction of sp³-hybridized carbons (Fsp3) is 0.846. The predicted molar refractivity (Wildman–Crippen MR) is 74.6 cm³/mol. The third-order valence-corrected chi connectivity index (χ3v) is 3.24. The first kappa shape index (κ1) is 15.9. The number of amides is 2. The number of carbonyl (C=O) groups is 2. The number of likely N-dealkylation sites (tertiary alicyclic amines) is 1. The van der Waals surface area contributed by atoms with E-state index in [9.17, 15) is 9.59 Å². The van der Waals surface area contributed by atoms with Gasteiger partial charge in [-0.3, -0.25) is 14.5 Å². The Labute approximate surface area is 115 Å². The van der Waals surface area contributed by atoms with Crippen LogP contribution >= 0.6 is 0 Å². The molecule has 6 heteroatoms. The lowest BCUT2D eigenvalue weighted by atomic mass is 10.0. The van der Waals surface area contributed by atoms with Crippen LogP contribution in [0.15, 0.2) is 0 Å². The Kier molecular flexibility index (Phi) is 6.80. The van der Waals surface area contributed by atoms with Crippen LogP contribution in [0.25, 0.3) is 0 Å². The lowest BCUT2D eigenvalue weighted by molar-refractivity contribution is -0.123. The summed E-state index contributed by atoms with van der Waals surface area (Å²) in [6.45, 7) is 6.79. The third kappa shape index (κ3) is 7.12. The number of carbonyl (C=O) groups excluding carboxylic acids is 2. The molecule has 0 aromatic heterocycles. The van der Waals surface area contributed by atoms with Gasteiger partial charge in [0.1, 0.15) is 0 Å². The zero-order valence-electron chi connectivity index (χ0n) is 11.9. The fourth-order valence-electron chi connectivity index (χ4n) is 2.23. The van der Waals surface area contributed by atoms with E-state index in [0.717, 1.165) is 25.9 Å². The van der Waals surface area contributed by atoms with Crippen LogP contribution in [0.4, 0.5) is 0 Å². The zero-order valence-corrected chi connectivity index (χ0v) is 11.9. The second-order valence-electron chi connectivity index (χ2n) is 5.44. The Balaban J connectivity index is 2.14. The van der Waals surface area contributed by atoms with E-state index in [2.05, 4.69) is 24.5 Å². The molecule has 1 aliphatic rings. The van der Waals surface area contributed by atoms with Gasteiger partial charge in [0.05, 0.1) is 6.54 Å². The second kappa shape index (κ2) is 8.12. The molecule has 0 aromatic carbocycles. The molecule has 2 amide bonds. The molecule has 0 aliphatic carbocycles. The highest BCUT2D eigenvalue weighted by atomic mass is 16.2. The first-order valence-corrected chi connectivity index (χ1v) is 7.00. The van der Waals surface area contributed by atoms with Crippen LogP contribution in [0, 0.1) is 0 Å². The Bertz CT molecular complexity index is 299. The first-order valence-electron chi connectivity index (χ1n) is 7.00. The average Bonchev–Trinajstić information content (AvgIpc) is 2.30. The summed E-state index contributed by atoms with van der Waals surface area (Å²) in [5.74, 6) is -0.191. The van der Waals surface area contributed by atoms with E-state index in [1.54, 1.807) is 0 Å². The van der Waals surface area contributed by atoms with Crippen molar-refractivity contribution in [3.8, 4) is 0 Å². The summed E-state index contributed by atoms with van der Waals surface area (Å²) >= 11 is 0. The summed E-state index contributed by atoms with van der Waals surface area (Å²) in [5, 5.41) is 6.27. The number of rotatable bonds is 7. The van der Waals surface area contributed by atoms with Crippen molar-refractivity contribution < 1.29 is 9.59 Å². The molecule has 19 heavy (non-hydrogen) atoms. The minimum atomic E-state index is -0.290. The molecule has 4 N–H and O–H groups in total. The number of piperidine rings is 1. The molecule has 1 aliphatic heterocycles. The monoisotopic (exact) mass is 270 g/mol. The highest BCUT2D eigenvalue weighted by Gasteiger charge is 2.21. The van der Waals surface area contributed by atoms with Crippen LogP contribution in [0.1, 0.15) is 33.1 Å². The van der Waals surface area contributed by atoms with Crippen molar-refractivity contribution in [2.45, 2.75) is 45.2 Å². The van der Waals surface area contributed by atoms with Crippen molar-refractivity contribution in [2.24, 2.45) is 5.73 Å². The maximum atomic E-state index is 11.7. The van der Waals surface area contributed by atoms with Crippen molar-refractivity contribution in [3.63, 3.8) is 0 Å². The van der Waals surface area contributed by atoms with Gasteiger partial charge in [-0.05, 0) is 12.8 Å². The van der Waals surface area contributed by atoms with Crippen LogP contribution in [0.2, 0.25) is 0 Å².